The zero-order valence-corrected chi connectivity index (χ0v) is 10.9. The van der Waals surface area contributed by atoms with Crippen molar-refractivity contribution in [2.45, 2.75) is 19.5 Å². The lowest BCUT2D eigenvalue weighted by Gasteiger charge is -2.13. The summed E-state index contributed by atoms with van der Waals surface area (Å²) in [6.07, 6.45) is 1.63. The first-order valence-electron chi connectivity index (χ1n) is 5.59. The molecule has 0 radical (unpaired) electrons. The molecule has 96 valence electrons. The third kappa shape index (κ3) is 2.68. The van der Waals surface area contributed by atoms with Crippen molar-refractivity contribution in [3.05, 3.63) is 46.8 Å². The second-order valence-electron chi connectivity index (χ2n) is 4.12. The van der Waals surface area contributed by atoms with Crippen molar-refractivity contribution in [1.82, 2.24) is 20.1 Å². The van der Waals surface area contributed by atoms with E-state index in [4.69, 9.17) is 11.6 Å². The molecule has 2 rings (SSSR count). The summed E-state index contributed by atoms with van der Waals surface area (Å²) in [6, 6.07) is 4.95. The second-order valence-corrected chi connectivity index (χ2v) is 4.52. The predicted octanol–water partition coefficient (Wildman–Crippen LogP) is 2.46. The van der Waals surface area contributed by atoms with Gasteiger partial charge in [-0.2, -0.15) is 0 Å². The number of aromatic nitrogens is 3. The van der Waals surface area contributed by atoms with Gasteiger partial charge in [0, 0.05) is 19.2 Å². The van der Waals surface area contributed by atoms with E-state index in [-0.39, 0.29) is 16.9 Å². The van der Waals surface area contributed by atoms with Gasteiger partial charge in [0.2, 0.25) is 0 Å². The first-order chi connectivity index (χ1) is 8.59. The summed E-state index contributed by atoms with van der Waals surface area (Å²) in [5.74, 6) is 0.425. The van der Waals surface area contributed by atoms with Crippen LogP contribution in [0.5, 0.6) is 0 Å². The molecular formula is C12H14ClFN4. The summed E-state index contributed by atoms with van der Waals surface area (Å²) in [4.78, 5) is 0. The third-order valence-corrected chi connectivity index (χ3v) is 3.06. The molecule has 0 amide bonds. The first-order valence-corrected chi connectivity index (χ1v) is 5.97. The van der Waals surface area contributed by atoms with Crippen molar-refractivity contribution >= 4 is 11.6 Å². The summed E-state index contributed by atoms with van der Waals surface area (Å²) in [7, 11) is 1.87. The molecule has 0 fully saturated rings. The molecule has 1 aromatic carbocycles. The van der Waals surface area contributed by atoms with Crippen LogP contribution in [0.1, 0.15) is 24.4 Å². The van der Waals surface area contributed by atoms with Gasteiger partial charge in [-0.05, 0) is 13.0 Å². The Morgan fingerprint density at radius 2 is 2.28 bits per heavy atom. The van der Waals surface area contributed by atoms with E-state index in [1.165, 1.54) is 6.07 Å². The molecule has 0 saturated heterocycles. The molecule has 1 unspecified atom stereocenters. The van der Waals surface area contributed by atoms with E-state index in [1.807, 2.05) is 18.5 Å². The predicted molar refractivity (Wildman–Crippen MR) is 67.7 cm³/mol. The van der Waals surface area contributed by atoms with Crippen LogP contribution < -0.4 is 5.32 Å². The molecule has 18 heavy (non-hydrogen) atoms. The number of aryl methyl sites for hydroxylation is 1. The number of hydrogen-bond acceptors (Lipinski definition) is 3. The van der Waals surface area contributed by atoms with Crippen LogP contribution in [0.25, 0.3) is 0 Å². The fourth-order valence-corrected chi connectivity index (χ4v) is 1.92. The Morgan fingerprint density at radius 1 is 1.50 bits per heavy atom. The van der Waals surface area contributed by atoms with Crippen molar-refractivity contribution in [2.24, 2.45) is 7.05 Å². The minimum Gasteiger partial charge on any atom is -0.319 e. The van der Waals surface area contributed by atoms with E-state index < -0.39 is 0 Å². The van der Waals surface area contributed by atoms with Crippen LogP contribution in [0.3, 0.4) is 0 Å². The van der Waals surface area contributed by atoms with E-state index >= 15 is 0 Å². The minimum atomic E-state index is -0.378. The maximum Gasteiger partial charge on any atom is 0.149 e. The van der Waals surface area contributed by atoms with Crippen molar-refractivity contribution in [3.8, 4) is 0 Å². The van der Waals surface area contributed by atoms with Crippen LogP contribution in [-0.4, -0.2) is 14.8 Å². The summed E-state index contributed by atoms with van der Waals surface area (Å²) < 4.78 is 15.5. The molecular weight excluding hydrogens is 255 g/mol. The Hall–Kier alpha value is -1.46. The van der Waals surface area contributed by atoms with Crippen LogP contribution in [0.15, 0.2) is 24.5 Å². The summed E-state index contributed by atoms with van der Waals surface area (Å²) in [5.41, 5.74) is 0.538. The average Bonchev–Trinajstić information content (AvgIpc) is 2.77. The largest absolute Gasteiger partial charge is 0.319 e. The van der Waals surface area contributed by atoms with Crippen molar-refractivity contribution in [3.63, 3.8) is 0 Å². The van der Waals surface area contributed by atoms with Gasteiger partial charge in [-0.1, -0.05) is 23.7 Å². The molecule has 0 spiro atoms. The Balaban J connectivity index is 2.04. The Kier molecular flexibility index (Phi) is 3.93. The zero-order valence-electron chi connectivity index (χ0n) is 10.2. The van der Waals surface area contributed by atoms with Gasteiger partial charge >= 0.3 is 0 Å². The van der Waals surface area contributed by atoms with Crippen molar-refractivity contribution in [1.29, 1.82) is 0 Å². The molecule has 6 heteroatoms. The summed E-state index contributed by atoms with van der Waals surface area (Å²) >= 11 is 5.72. The van der Waals surface area contributed by atoms with Crippen LogP contribution in [-0.2, 0) is 13.6 Å². The molecule has 0 aliphatic carbocycles. The standard InChI is InChI=1S/C12H14ClFN4/c1-8(12-17-16-7-18(12)2)15-6-9-4-3-5-10(13)11(9)14/h3-5,7-8,15H,6H2,1-2H3. The van der Waals surface area contributed by atoms with Crippen molar-refractivity contribution < 1.29 is 4.39 Å². The highest BCUT2D eigenvalue weighted by Crippen LogP contribution is 2.18. The fourth-order valence-electron chi connectivity index (χ4n) is 1.72. The van der Waals surface area contributed by atoms with Gasteiger partial charge in [0.1, 0.15) is 18.0 Å². The van der Waals surface area contributed by atoms with E-state index in [0.29, 0.717) is 12.1 Å². The molecule has 2 aromatic rings. The van der Waals surface area contributed by atoms with Gasteiger partial charge in [0.25, 0.3) is 0 Å². The fraction of sp³-hybridized carbons (Fsp3) is 0.333. The monoisotopic (exact) mass is 268 g/mol. The first kappa shape index (κ1) is 13.0. The zero-order chi connectivity index (χ0) is 13.1. The highest BCUT2D eigenvalue weighted by molar-refractivity contribution is 6.30. The van der Waals surface area contributed by atoms with Crippen molar-refractivity contribution in [2.75, 3.05) is 0 Å². The van der Waals surface area contributed by atoms with Gasteiger partial charge < -0.3 is 9.88 Å². The second kappa shape index (κ2) is 5.46. The van der Waals surface area contributed by atoms with Gasteiger partial charge in [-0.15, -0.1) is 10.2 Å². The highest BCUT2D eigenvalue weighted by atomic mass is 35.5. The Labute approximate surface area is 110 Å². The van der Waals surface area contributed by atoms with Gasteiger partial charge in [0.15, 0.2) is 0 Å². The number of hydrogen-bond donors (Lipinski definition) is 1. The third-order valence-electron chi connectivity index (χ3n) is 2.76. The summed E-state index contributed by atoms with van der Waals surface area (Å²) in [6.45, 7) is 2.34. The molecule has 1 N–H and O–H groups in total. The summed E-state index contributed by atoms with van der Waals surface area (Å²) in [5, 5.41) is 11.1. The molecule has 0 aliphatic rings. The topological polar surface area (TPSA) is 42.7 Å². The lowest BCUT2D eigenvalue weighted by molar-refractivity contribution is 0.513. The smallest absolute Gasteiger partial charge is 0.149 e. The van der Waals surface area contributed by atoms with Crippen LogP contribution >= 0.6 is 11.6 Å². The number of halogens is 2. The molecule has 4 nitrogen and oxygen atoms in total. The number of rotatable bonds is 4. The molecule has 0 aliphatic heterocycles. The van der Waals surface area contributed by atoms with Crippen LogP contribution in [0.4, 0.5) is 4.39 Å². The number of nitrogens with zero attached hydrogens (tertiary/aromatic N) is 3. The van der Waals surface area contributed by atoms with E-state index in [0.717, 1.165) is 5.82 Å². The SMILES string of the molecule is CC(NCc1cccc(Cl)c1F)c1nncn1C. The Bertz CT molecular complexity index is 541. The maximum absolute atomic E-state index is 13.7. The molecule has 1 heterocycles. The molecule has 1 aromatic heterocycles. The van der Waals surface area contributed by atoms with Gasteiger partial charge in [-0.3, -0.25) is 0 Å². The van der Waals surface area contributed by atoms with Crippen LogP contribution in [0, 0.1) is 5.82 Å². The lowest BCUT2D eigenvalue weighted by atomic mass is 10.2. The Morgan fingerprint density at radius 3 is 2.94 bits per heavy atom. The van der Waals surface area contributed by atoms with Gasteiger partial charge in [-0.25, -0.2) is 4.39 Å². The van der Waals surface area contributed by atoms with E-state index in [2.05, 4.69) is 15.5 Å². The molecule has 0 saturated carbocycles. The van der Waals surface area contributed by atoms with Crippen LogP contribution in [0.2, 0.25) is 5.02 Å². The van der Waals surface area contributed by atoms with E-state index in [1.54, 1.807) is 18.5 Å². The average molecular weight is 269 g/mol. The maximum atomic E-state index is 13.7. The normalized spacial score (nSPS) is 12.7. The van der Waals surface area contributed by atoms with E-state index in [9.17, 15) is 4.39 Å². The number of benzene rings is 1. The quantitative estimate of drug-likeness (QED) is 0.926. The molecule has 1 atom stereocenters. The molecule has 0 bridgehead atoms. The highest BCUT2D eigenvalue weighted by Gasteiger charge is 2.12. The van der Waals surface area contributed by atoms with Gasteiger partial charge in [0.05, 0.1) is 11.1 Å². The minimum absolute atomic E-state index is 0.0177. The lowest BCUT2D eigenvalue weighted by Crippen LogP contribution is -2.21. The number of nitrogens with one attached hydrogen (secondary N) is 1.